The Kier molecular flexibility index (Phi) is 3.96. The van der Waals surface area contributed by atoms with Crippen LogP contribution in [-0.4, -0.2) is 30.6 Å². The first-order valence-electron chi connectivity index (χ1n) is 5.35. The molecular weight excluding hydrogens is 270 g/mol. The monoisotopic (exact) mass is 283 g/mol. The maximum Gasteiger partial charge on any atom is 0.124 e. The second kappa shape index (κ2) is 5.46. The number of rotatable bonds is 3. The van der Waals surface area contributed by atoms with Crippen molar-refractivity contribution in [3.05, 3.63) is 28.2 Å². The molecule has 1 aliphatic rings. The molecule has 86 valence electrons. The van der Waals surface area contributed by atoms with Gasteiger partial charge in [0.1, 0.15) is 5.75 Å². The van der Waals surface area contributed by atoms with Crippen LogP contribution in [0.15, 0.2) is 27.7 Å². The second-order valence-electron chi connectivity index (χ2n) is 3.83. The third kappa shape index (κ3) is 3.06. The molecule has 0 bridgehead atoms. The summed E-state index contributed by atoms with van der Waals surface area (Å²) in [7, 11) is 0. The number of benzene rings is 1. The van der Waals surface area contributed by atoms with Crippen LogP contribution in [0.4, 0.5) is 0 Å². The van der Waals surface area contributed by atoms with E-state index in [-0.39, 0.29) is 11.9 Å². The van der Waals surface area contributed by atoms with Gasteiger partial charge in [0.05, 0.1) is 12.6 Å². The van der Waals surface area contributed by atoms with Crippen molar-refractivity contribution in [2.75, 3.05) is 13.2 Å². The zero-order valence-electron chi connectivity index (χ0n) is 8.90. The number of halogens is 1. The first kappa shape index (κ1) is 11.6. The lowest BCUT2D eigenvalue weighted by Gasteiger charge is -2.04. The van der Waals surface area contributed by atoms with Gasteiger partial charge >= 0.3 is 0 Å². The number of ether oxygens (including phenoxy) is 1. The Bertz CT molecular complexity index is 387. The summed E-state index contributed by atoms with van der Waals surface area (Å²) >= 11 is 3.36. The van der Waals surface area contributed by atoms with Crippen molar-refractivity contribution in [3.8, 4) is 5.75 Å². The van der Waals surface area contributed by atoms with E-state index in [4.69, 9.17) is 4.74 Å². The van der Waals surface area contributed by atoms with Crippen molar-refractivity contribution in [2.24, 2.45) is 4.99 Å². The lowest BCUT2D eigenvalue weighted by Crippen LogP contribution is -2.08. The Morgan fingerprint density at radius 1 is 1.56 bits per heavy atom. The van der Waals surface area contributed by atoms with Crippen LogP contribution in [0.25, 0.3) is 0 Å². The van der Waals surface area contributed by atoms with E-state index in [2.05, 4.69) is 20.9 Å². The summed E-state index contributed by atoms with van der Waals surface area (Å²) in [6.07, 6.45) is 4.16. The Balaban J connectivity index is 1.96. The molecule has 1 fully saturated rings. The zero-order chi connectivity index (χ0) is 11.4. The average Bonchev–Trinajstić information content (AvgIpc) is 2.76. The first-order chi connectivity index (χ1) is 7.75. The Morgan fingerprint density at radius 2 is 2.44 bits per heavy atom. The molecule has 0 aromatic heterocycles. The minimum absolute atomic E-state index is 0.249. The minimum Gasteiger partial charge on any atom is -0.507 e. The van der Waals surface area contributed by atoms with Crippen molar-refractivity contribution in [3.63, 3.8) is 0 Å². The van der Waals surface area contributed by atoms with Gasteiger partial charge < -0.3 is 9.84 Å². The number of nitrogens with zero attached hydrogens (tertiary/aromatic N) is 1. The number of aromatic hydroxyl groups is 1. The molecule has 0 spiro atoms. The average molecular weight is 284 g/mol. The Labute approximate surface area is 103 Å². The largest absolute Gasteiger partial charge is 0.507 e. The van der Waals surface area contributed by atoms with E-state index >= 15 is 0 Å². The third-order valence-electron chi connectivity index (χ3n) is 2.55. The molecule has 1 N–H and O–H groups in total. The van der Waals surface area contributed by atoms with Crippen LogP contribution >= 0.6 is 15.9 Å². The second-order valence-corrected chi connectivity index (χ2v) is 4.75. The lowest BCUT2D eigenvalue weighted by molar-refractivity contribution is 0.118. The molecule has 1 aliphatic heterocycles. The number of hydrogen-bond donors (Lipinski definition) is 1. The zero-order valence-corrected chi connectivity index (χ0v) is 10.5. The molecule has 3 nitrogen and oxygen atoms in total. The van der Waals surface area contributed by atoms with Gasteiger partial charge in [0, 0.05) is 22.9 Å². The molecule has 1 aromatic rings. The van der Waals surface area contributed by atoms with Gasteiger partial charge in [-0.3, -0.25) is 4.99 Å². The summed E-state index contributed by atoms with van der Waals surface area (Å²) in [5.74, 6) is 0.249. The van der Waals surface area contributed by atoms with Crippen molar-refractivity contribution in [1.29, 1.82) is 0 Å². The highest BCUT2D eigenvalue weighted by atomic mass is 79.9. The molecule has 1 saturated heterocycles. The van der Waals surface area contributed by atoms with Crippen LogP contribution in [0.2, 0.25) is 0 Å². The fourth-order valence-corrected chi connectivity index (χ4v) is 2.06. The van der Waals surface area contributed by atoms with Crippen LogP contribution in [0.1, 0.15) is 18.4 Å². The summed E-state index contributed by atoms with van der Waals surface area (Å²) < 4.78 is 6.39. The molecular formula is C12H14BrNO2. The quantitative estimate of drug-likeness (QED) is 0.867. The maximum absolute atomic E-state index is 9.58. The number of aliphatic imine (C=N–C) groups is 1. The van der Waals surface area contributed by atoms with Gasteiger partial charge in [0.25, 0.3) is 0 Å². The van der Waals surface area contributed by atoms with Crippen LogP contribution in [-0.2, 0) is 4.74 Å². The van der Waals surface area contributed by atoms with E-state index in [1.54, 1.807) is 18.3 Å². The molecule has 0 radical (unpaired) electrons. The topological polar surface area (TPSA) is 41.8 Å². The van der Waals surface area contributed by atoms with Crippen LogP contribution in [0, 0.1) is 0 Å². The number of hydrogen-bond acceptors (Lipinski definition) is 3. The number of phenolic OH excluding ortho intramolecular Hbond substituents is 1. The highest BCUT2D eigenvalue weighted by molar-refractivity contribution is 9.10. The molecule has 2 rings (SSSR count). The van der Waals surface area contributed by atoms with E-state index in [1.165, 1.54) is 0 Å². The van der Waals surface area contributed by atoms with Gasteiger partial charge in [-0.05, 0) is 31.0 Å². The molecule has 4 heteroatoms. The molecule has 1 aromatic carbocycles. The van der Waals surface area contributed by atoms with Crippen molar-refractivity contribution in [1.82, 2.24) is 0 Å². The summed E-state index contributed by atoms with van der Waals surface area (Å²) in [5.41, 5.74) is 0.729. The highest BCUT2D eigenvalue weighted by Crippen LogP contribution is 2.20. The van der Waals surface area contributed by atoms with E-state index in [1.807, 2.05) is 6.07 Å². The SMILES string of the molecule is Oc1ccc(Br)cc1C=NC[C@@H]1CCCO1. The van der Waals surface area contributed by atoms with Crippen molar-refractivity contribution in [2.45, 2.75) is 18.9 Å². The summed E-state index contributed by atoms with van der Waals surface area (Å²) in [5, 5.41) is 9.58. The number of phenols is 1. The smallest absolute Gasteiger partial charge is 0.124 e. The first-order valence-corrected chi connectivity index (χ1v) is 6.15. The van der Waals surface area contributed by atoms with Gasteiger partial charge in [0.2, 0.25) is 0 Å². The molecule has 0 unspecified atom stereocenters. The van der Waals surface area contributed by atoms with Crippen molar-refractivity contribution >= 4 is 22.1 Å². The van der Waals surface area contributed by atoms with E-state index in [0.29, 0.717) is 6.54 Å². The Morgan fingerprint density at radius 3 is 3.19 bits per heavy atom. The fourth-order valence-electron chi connectivity index (χ4n) is 1.69. The molecule has 0 amide bonds. The lowest BCUT2D eigenvalue weighted by atomic mass is 10.2. The van der Waals surface area contributed by atoms with Crippen molar-refractivity contribution < 1.29 is 9.84 Å². The highest BCUT2D eigenvalue weighted by Gasteiger charge is 2.13. The predicted octanol–water partition coefficient (Wildman–Crippen LogP) is 2.75. The normalized spacial score (nSPS) is 20.7. The molecule has 16 heavy (non-hydrogen) atoms. The van der Waals surface area contributed by atoms with Gasteiger partial charge in [-0.15, -0.1) is 0 Å². The Hall–Kier alpha value is -0.870. The molecule has 1 heterocycles. The van der Waals surface area contributed by atoms with E-state index in [0.717, 1.165) is 29.5 Å². The van der Waals surface area contributed by atoms with E-state index in [9.17, 15) is 5.11 Å². The summed E-state index contributed by atoms with van der Waals surface area (Å²) in [6, 6.07) is 5.29. The molecule has 1 atom stereocenters. The molecule has 0 aliphatic carbocycles. The standard InChI is InChI=1S/C12H14BrNO2/c13-10-3-4-12(15)9(6-10)7-14-8-11-2-1-5-16-11/h3-4,6-7,11,15H,1-2,5,8H2/t11-/m0/s1. The minimum atomic E-state index is 0.249. The van der Waals surface area contributed by atoms with Crippen LogP contribution in [0.3, 0.4) is 0 Å². The van der Waals surface area contributed by atoms with Gasteiger partial charge in [-0.25, -0.2) is 0 Å². The van der Waals surface area contributed by atoms with Crippen LogP contribution < -0.4 is 0 Å². The predicted molar refractivity (Wildman–Crippen MR) is 67.2 cm³/mol. The van der Waals surface area contributed by atoms with Gasteiger partial charge in [-0.2, -0.15) is 0 Å². The summed E-state index contributed by atoms with van der Waals surface area (Å²) in [4.78, 5) is 4.29. The van der Waals surface area contributed by atoms with E-state index < -0.39 is 0 Å². The van der Waals surface area contributed by atoms with Gasteiger partial charge in [0.15, 0.2) is 0 Å². The maximum atomic E-state index is 9.58. The third-order valence-corrected chi connectivity index (χ3v) is 3.05. The fraction of sp³-hybridized carbons (Fsp3) is 0.417. The summed E-state index contributed by atoms with van der Waals surface area (Å²) in [6.45, 7) is 1.52. The van der Waals surface area contributed by atoms with Crippen LogP contribution in [0.5, 0.6) is 5.75 Å². The molecule has 0 saturated carbocycles. The van der Waals surface area contributed by atoms with Gasteiger partial charge in [-0.1, -0.05) is 15.9 Å².